The van der Waals surface area contributed by atoms with Gasteiger partial charge in [-0.05, 0) is 19.9 Å². The molecule has 1 saturated heterocycles. The molecule has 2 rings (SSSR count). The average Bonchev–Trinajstić information content (AvgIpc) is 2.41. The van der Waals surface area contributed by atoms with Gasteiger partial charge in [-0.15, -0.1) is 0 Å². The Bertz CT molecular complexity index is 555. The maximum Gasteiger partial charge on any atom is 0.341 e. The second-order valence-electron chi connectivity index (χ2n) is 5.04. The molecule has 0 spiro atoms. The third kappa shape index (κ3) is 2.97. The molecule has 21 heavy (non-hydrogen) atoms. The van der Waals surface area contributed by atoms with Crippen molar-refractivity contribution in [1.82, 2.24) is 0 Å². The largest absolute Gasteiger partial charge is 0.465 e. The summed E-state index contributed by atoms with van der Waals surface area (Å²) in [5.74, 6) is -4.93. The molecular weight excluding hydrogens is 287 g/mol. The number of hydrogen-bond acceptors (Lipinski definition) is 4. The summed E-state index contributed by atoms with van der Waals surface area (Å²) >= 11 is 0. The Labute approximate surface area is 120 Å². The van der Waals surface area contributed by atoms with E-state index in [1.54, 1.807) is 13.8 Å². The molecule has 0 bridgehead atoms. The zero-order chi connectivity index (χ0) is 15.7. The highest BCUT2D eigenvalue weighted by molar-refractivity contribution is 5.90. The van der Waals surface area contributed by atoms with E-state index in [1.807, 2.05) is 0 Å². The molecule has 0 unspecified atom stereocenters. The quantitative estimate of drug-likeness (QED) is 0.621. The summed E-state index contributed by atoms with van der Waals surface area (Å²) < 4.78 is 52.0. The van der Waals surface area contributed by atoms with Crippen LogP contribution in [-0.2, 0) is 9.47 Å². The maximum absolute atomic E-state index is 14.2. The lowest BCUT2D eigenvalue weighted by Crippen LogP contribution is -2.46. The Morgan fingerprint density at radius 1 is 1.24 bits per heavy atom. The molecule has 0 aliphatic carbocycles. The number of benzene rings is 1. The first-order valence-electron chi connectivity index (χ1n) is 6.51. The van der Waals surface area contributed by atoms with Gasteiger partial charge in [0, 0.05) is 13.1 Å². The van der Waals surface area contributed by atoms with Gasteiger partial charge in [-0.3, -0.25) is 0 Å². The number of morpholine rings is 1. The predicted molar refractivity (Wildman–Crippen MR) is 69.9 cm³/mol. The number of carbonyl (C=O) groups is 1. The van der Waals surface area contributed by atoms with Gasteiger partial charge in [0.25, 0.3) is 0 Å². The average molecular weight is 303 g/mol. The van der Waals surface area contributed by atoms with Crippen molar-refractivity contribution in [2.75, 3.05) is 25.1 Å². The number of carbonyl (C=O) groups excluding carboxylic acids is 1. The van der Waals surface area contributed by atoms with Gasteiger partial charge in [-0.25, -0.2) is 18.0 Å². The number of ether oxygens (including phenoxy) is 2. The van der Waals surface area contributed by atoms with Crippen LogP contribution in [0, 0.1) is 17.5 Å². The fourth-order valence-electron chi connectivity index (χ4n) is 2.49. The lowest BCUT2D eigenvalue weighted by molar-refractivity contribution is -0.00563. The molecule has 1 heterocycles. The summed E-state index contributed by atoms with van der Waals surface area (Å²) in [6.07, 6.45) is -0.480. The molecule has 1 aromatic rings. The van der Waals surface area contributed by atoms with Crippen molar-refractivity contribution in [3.05, 3.63) is 29.1 Å². The molecule has 7 heteroatoms. The monoisotopic (exact) mass is 303 g/mol. The summed E-state index contributed by atoms with van der Waals surface area (Å²) in [6, 6.07) is 0.657. The van der Waals surface area contributed by atoms with E-state index < -0.39 is 34.7 Å². The second kappa shape index (κ2) is 5.93. The molecule has 4 nitrogen and oxygen atoms in total. The Morgan fingerprint density at radius 2 is 1.81 bits per heavy atom. The van der Waals surface area contributed by atoms with Crippen molar-refractivity contribution in [2.45, 2.75) is 26.1 Å². The normalized spacial score (nSPS) is 22.3. The number of halogens is 3. The van der Waals surface area contributed by atoms with Crippen molar-refractivity contribution in [3.63, 3.8) is 0 Å². The molecule has 0 aromatic heterocycles. The topological polar surface area (TPSA) is 38.8 Å². The van der Waals surface area contributed by atoms with Gasteiger partial charge in [0.15, 0.2) is 17.5 Å². The molecule has 1 aliphatic heterocycles. The minimum Gasteiger partial charge on any atom is -0.465 e. The molecule has 0 saturated carbocycles. The maximum atomic E-state index is 14.2. The van der Waals surface area contributed by atoms with Crippen LogP contribution in [0.15, 0.2) is 6.07 Å². The van der Waals surface area contributed by atoms with Gasteiger partial charge in [0.1, 0.15) is 11.3 Å². The van der Waals surface area contributed by atoms with Crippen molar-refractivity contribution in [1.29, 1.82) is 0 Å². The molecule has 0 radical (unpaired) electrons. The first-order chi connectivity index (χ1) is 9.85. The number of hydrogen-bond donors (Lipinski definition) is 0. The summed E-state index contributed by atoms with van der Waals surface area (Å²) in [4.78, 5) is 12.7. The Morgan fingerprint density at radius 3 is 2.33 bits per heavy atom. The van der Waals surface area contributed by atoms with Crippen LogP contribution in [0.5, 0.6) is 0 Å². The van der Waals surface area contributed by atoms with Gasteiger partial charge in [0.2, 0.25) is 0 Å². The highest BCUT2D eigenvalue weighted by atomic mass is 19.2. The molecule has 116 valence electrons. The summed E-state index contributed by atoms with van der Waals surface area (Å²) in [7, 11) is 1.01. The SMILES string of the molecule is COC(=O)c1cc(F)c(N2C[C@@H](C)O[C@H](C)C2)c(F)c1F. The van der Waals surface area contributed by atoms with Crippen LogP contribution in [0.25, 0.3) is 0 Å². The van der Waals surface area contributed by atoms with Gasteiger partial charge in [-0.2, -0.15) is 0 Å². The van der Waals surface area contributed by atoms with E-state index in [4.69, 9.17) is 4.74 Å². The highest BCUT2D eigenvalue weighted by Gasteiger charge is 2.30. The summed E-state index contributed by atoms with van der Waals surface area (Å²) in [6.45, 7) is 3.99. The van der Waals surface area contributed by atoms with Crippen LogP contribution >= 0.6 is 0 Å². The number of methoxy groups -OCH3 is 1. The fourth-order valence-corrected chi connectivity index (χ4v) is 2.49. The lowest BCUT2D eigenvalue weighted by Gasteiger charge is -2.37. The zero-order valence-electron chi connectivity index (χ0n) is 12.0. The smallest absolute Gasteiger partial charge is 0.341 e. The minimum atomic E-state index is -1.41. The van der Waals surface area contributed by atoms with E-state index in [2.05, 4.69) is 4.74 Å². The third-order valence-corrected chi connectivity index (χ3v) is 3.28. The number of esters is 1. The van der Waals surface area contributed by atoms with Gasteiger partial charge < -0.3 is 14.4 Å². The molecule has 1 fully saturated rings. The van der Waals surface area contributed by atoms with Gasteiger partial charge in [-0.1, -0.05) is 0 Å². The van der Waals surface area contributed by atoms with E-state index in [-0.39, 0.29) is 25.3 Å². The highest BCUT2D eigenvalue weighted by Crippen LogP contribution is 2.30. The van der Waals surface area contributed by atoms with Crippen LogP contribution in [0.2, 0.25) is 0 Å². The van der Waals surface area contributed by atoms with Gasteiger partial charge >= 0.3 is 5.97 Å². The first-order valence-corrected chi connectivity index (χ1v) is 6.51. The van der Waals surface area contributed by atoms with Crippen LogP contribution < -0.4 is 4.90 Å². The predicted octanol–water partition coefficient (Wildman–Crippen LogP) is 2.50. The van der Waals surface area contributed by atoms with Crippen LogP contribution in [0.4, 0.5) is 18.9 Å². The second-order valence-corrected chi connectivity index (χ2v) is 5.04. The standard InChI is InChI=1S/C14H16F3NO3/c1-7-5-18(6-8(2)21-7)13-10(15)4-9(14(19)20-3)11(16)12(13)17/h4,7-8H,5-6H2,1-3H3/t7-,8-/m1/s1. The number of rotatable bonds is 2. The first kappa shape index (κ1) is 15.6. The van der Waals surface area contributed by atoms with Crippen molar-refractivity contribution in [2.24, 2.45) is 0 Å². The molecule has 1 aliphatic rings. The van der Waals surface area contributed by atoms with E-state index in [9.17, 15) is 18.0 Å². The minimum absolute atomic E-state index is 0.231. The molecule has 2 atom stereocenters. The van der Waals surface area contributed by atoms with Crippen molar-refractivity contribution < 1.29 is 27.4 Å². The Hall–Kier alpha value is -1.76. The van der Waals surface area contributed by atoms with Crippen molar-refractivity contribution >= 4 is 11.7 Å². The molecule has 0 amide bonds. The molecule has 0 N–H and O–H groups in total. The van der Waals surface area contributed by atoms with Crippen LogP contribution in [-0.4, -0.2) is 38.4 Å². The zero-order valence-corrected chi connectivity index (χ0v) is 12.0. The van der Waals surface area contributed by atoms with Gasteiger partial charge in [0.05, 0.1) is 19.3 Å². The van der Waals surface area contributed by atoms with E-state index >= 15 is 0 Å². The summed E-state index contributed by atoms with van der Waals surface area (Å²) in [5, 5.41) is 0. The van der Waals surface area contributed by atoms with E-state index in [0.29, 0.717) is 6.07 Å². The molecular formula is C14H16F3NO3. The third-order valence-electron chi connectivity index (χ3n) is 3.28. The Balaban J connectivity index is 2.45. The number of nitrogens with zero attached hydrogens (tertiary/aromatic N) is 1. The Kier molecular flexibility index (Phi) is 4.41. The van der Waals surface area contributed by atoms with Crippen LogP contribution in [0.1, 0.15) is 24.2 Å². The molecule has 1 aromatic carbocycles. The number of anilines is 1. The van der Waals surface area contributed by atoms with E-state index in [1.165, 1.54) is 4.90 Å². The van der Waals surface area contributed by atoms with Crippen LogP contribution in [0.3, 0.4) is 0 Å². The van der Waals surface area contributed by atoms with E-state index in [0.717, 1.165) is 7.11 Å². The fraction of sp³-hybridized carbons (Fsp3) is 0.500. The van der Waals surface area contributed by atoms with Crippen molar-refractivity contribution in [3.8, 4) is 0 Å². The summed E-state index contributed by atoms with van der Waals surface area (Å²) in [5.41, 5.74) is -1.24. The lowest BCUT2D eigenvalue weighted by atomic mass is 10.1.